The fourth-order valence-electron chi connectivity index (χ4n) is 3.55. The minimum Gasteiger partial charge on any atom is -0.497 e. The topological polar surface area (TPSA) is 35.8 Å². The molecule has 4 nitrogen and oxygen atoms in total. The monoisotopic (exact) mass is 406 g/mol. The lowest BCUT2D eigenvalue weighted by atomic mass is 10.1. The van der Waals surface area contributed by atoms with E-state index >= 15 is 0 Å². The summed E-state index contributed by atoms with van der Waals surface area (Å²) in [6.07, 6.45) is 3.04. The molecule has 0 bridgehead atoms. The number of nitrogens with zero attached hydrogens (tertiary/aromatic N) is 2. The summed E-state index contributed by atoms with van der Waals surface area (Å²) in [5.74, 6) is 1.63. The van der Waals surface area contributed by atoms with Gasteiger partial charge < -0.3 is 14.0 Å². The van der Waals surface area contributed by atoms with Crippen LogP contribution < -0.4 is 9.47 Å². The van der Waals surface area contributed by atoms with Gasteiger partial charge in [0.1, 0.15) is 11.5 Å². The van der Waals surface area contributed by atoms with Gasteiger partial charge in [-0.25, -0.2) is 0 Å². The van der Waals surface area contributed by atoms with Crippen molar-refractivity contribution in [1.29, 1.82) is 0 Å². The van der Waals surface area contributed by atoms with E-state index in [4.69, 9.17) is 14.5 Å². The van der Waals surface area contributed by atoms with E-state index < -0.39 is 0 Å². The summed E-state index contributed by atoms with van der Waals surface area (Å²) in [6, 6.07) is 19.3. The summed E-state index contributed by atoms with van der Waals surface area (Å²) in [6.45, 7) is 4.30. The highest BCUT2D eigenvalue weighted by Gasteiger charge is 2.30. The number of hydrogen-bond donors (Lipinski definition) is 0. The van der Waals surface area contributed by atoms with Crippen LogP contribution in [0.1, 0.15) is 42.5 Å². The van der Waals surface area contributed by atoms with Crippen LogP contribution in [-0.2, 0) is 0 Å². The third-order valence-corrected chi connectivity index (χ3v) is 6.67. The van der Waals surface area contributed by atoms with E-state index in [2.05, 4.69) is 60.9 Å². The summed E-state index contributed by atoms with van der Waals surface area (Å²) < 4.78 is 13.4. The maximum atomic E-state index is 5.72. The van der Waals surface area contributed by atoms with Gasteiger partial charge in [0.15, 0.2) is 0 Å². The van der Waals surface area contributed by atoms with Crippen LogP contribution in [0.4, 0.5) is 0 Å². The third-order valence-electron chi connectivity index (χ3n) is 5.34. The minimum atomic E-state index is 0.122. The normalized spacial score (nSPS) is 16.3. The first kappa shape index (κ1) is 19.6. The largest absolute Gasteiger partial charge is 0.497 e. The Bertz CT molecular complexity index is 1040. The molecule has 0 aliphatic carbocycles. The van der Waals surface area contributed by atoms with Gasteiger partial charge in [-0.15, -0.1) is 11.8 Å². The molecule has 150 valence electrons. The Kier molecular flexibility index (Phi) is 5.67. The van der Waals surface area contributed by atoms with Gasteiger partial charge in [-0.3, -0.25) is 4.99 Å². The zero-order valence-electron chi connectivity index (χ0n) is 17.3. The van der Waals surface area contributed by atoms with Gasteiger partial charge in [-0.2, -0.15) is 0 Å². The molecule has 3 aromatic rings. The van der Waals surface area contributed by atoms with Gasteiger partial charge >= 0.3 is 0 Å². The summed E-state index contributed by atoms with van der Waals surface area (Å²) in [5, 5.41) is 0.122. The van der Waals surface area contributed by atoms with Gasteiger partial charge in [0, 0.05) is 34.5 Å². The van der Waals surface area contributed by atoms with Crippen LogP contribution in [0.5, 0.6) is 11.5 Å². The number of fused-ring (bicyclic) bond motifs is 3. The zero-order chi connectivity index (χ0) is 20.4. The van der Waals surface area contributed by atoms with Crippen LogP contribution in [0.15, 0.2) is 64.5 Å². The molecule has 1 aliphatic heterocycles. The maximum Gasteiger partial charge on any atom is 0.127 e. The van der Waals surface area contributed by atoms with E-state index in [0.717, 1.165) is 29.2 Å². The highest BCUT2D eigenvalue weighted by Crippen LogP contribution is 2.50. The fourth-order valence-corrected chi connectivity index (χ4v) is 4.87. The molecular formula is C24H26N2O2S. The molecule has 0 saturated carbocycles. The molecular weight excluding hydrogens is 380 g/mol. The molecule has 2 unspecified atom stereocenters. The Morgan fingerprint density at radius 2 is 1.93 bits per heavy atom. The summed E-state index contributed by atoms with van der Waals surface area (Å²) in [5.41, 5.74) is 4.66. The van der Waals surface area contributed by atoms with Crippen LogP contribution in [0.2, 0.25) is 0 Å². The minimum absolute atomic E-state index is 0.122. The average molecular weight is 407 g/mol. The lowest BCUT2D eigenvalue weighted by Gasteiger charge is -2.29. The van der Waals surface area contributed by atoms with Crippen molar-refractivity contribution in [2.75, 3.05) is 14.2 Å². The Morgan fingerprint density at radius 1 is 1.10 bits per heavy atom. The molecule has 1 aromatic heterocycles. The predicted molar refractivity (Wildman–Crippen MR) is 120 cm³/mol. The second-order valence-electron chi connectivity index (χ2n) is 7.13. The van der Waals surface area contributed by atoms with Gasteiger partial charge in [0.25, 0.3) is 0 Å². The third kappa shape index (κ3) is 3.67. The molecule has 2 aromatic carbocycles. The van der Waals surface area contributed by atoms with Crippen molar-refractivity contribution in [3.63, 3.8) is 0 Å². The number of ether oxygens (including phenoxy) is 2. The number of methoxy groups -OCH3 is 2. The average Bonchev–Trinajstić information content (AvgIpc) is 3.20. The summed E-state index contributed by atoms with van der Waals surface area (Å²) in [7, 11) is 3.39. The molecule has 0 amide bonds. The van der Waals surface area contributed by atoms with Crippen molar-refractivity contribution in [2.45, 2.75) is 36.5 Å². The quantitative estimate of drug-likeness (QED) is 0.478. The van der Waals surface area contributed by atoms with E-state index in [9.17, 15) is 0 Å². The van der Waals surface area contributed by atoms with E-state index in [1.54, 1.807) is 14.2 Å². The number of hydrogen-bond acceptors (Lipinski definition) is 4. The molecule has 2 atom stereocenters. The first-order valence-electron chi connectivity index (χ1n) is 9.89. The van der Waals surface area contributed by atoms with Crippen LogP contribution >= 0.6 is 11.8 Å². The van der Waals surface area contributed by atoms with Gasteiger partial charge in [0.05, 0.1) is 30.9 Å². The fraction of sp³-hybridized carbons (Fsp3) is 0.292. The van der Waals surface area contributed by atoms with Crippen molar-refractivity contribution in [3.8, 4) is 17.2 Å². The molecule has 0 fully saturated rings. The van der Waals surface area contributed by atoms with E-state index in [0.29, 0.717) is 6.04 Å². The highest BCUT2D eigenvalue weighted by molar-refractivity contribution is 8.00. The van der Waals surface area contributed by atoms with Crippen molar-refractivity contribution < 1.29 is 9.47 Å². The molecule has 0 radical (unpaired) electrons. The second kappa shape index (κ2) is 8.37. The van der Waals surface area contributed by atoms with Crippen LogP contribution in [0.3, 0.4) is 0 Å². The maximum absolute atomic E-state index is 5.72. The lowest BCUT2D eigenvalue weighted by molar-refractivity contribution is 0.391. The smallest absolute Gasteiger partial charge is 0.127 e. The molecule has 2 heterocycles. The summed E-state index contributed by atoms with van der Waals surface area (Å²) in [4.78, 5) is 5.97. The number of aromatic nitrogens is 1. The van der Waals surface area contributed by atoms with Gasteiger partial charge in [0.2, 0.25) is 0 Å². The Morgan fingerprint density at radius 3 is 2.69 bits per heavy atom. The number of thioether (sulfide) groups is 1. The SMILES string of the molecule is CCC(C)N=Cc1ccc2n1-c1ccccc1SC2c1ccc(OC)cc1OC. The molecule has 5 heteroatoms. The van der Waals surface area contributed by atoms with Gasteiger partial charge in [-0.05, 0) is 43.7 Å². The van der Waals surface area contributed by atoms with Crippen molar-refractivity contribution in [2.24, 2.45) is 4.99 Å². The number of rotatable bonds is 6. The zero-order valence-corrected chi connectivity index (χ0v) is 18.1. The lowest BCUT2D eigenvalue weighted by Crippen LogP contribution is -2.14. The summed E-state index contributed by atoms with van der Waals surface area (Å²) >= 11 is 1.85. The Balaban J connectivity index is 1.85. The number of benzene rings is 2. The molecule has 0 N–H and O–H groups in total. The van der Waals surface area contributed by atoms with Crippen molar-refractivity contribution in [3.05, 3.63) is 71.5 Å². The van der Waals surface area contributed by atoms with Gasteiger partial charge in [-0.1, -0.05) is 25.1 Å². The van der Waals surface area contributed by atoms with E-state index in [1.165, 1.54) is 16.3 Å². The second-order valence-corrected chi connectivity index (χ2v) is 8.27. The Hall–Kier alpha value is -2.66. The standard InChI is InChI=1S/C24H26N2O2S/c1-5-16(2)25-15-17-10-13-21-24(19-12-11-18(27-3)14-22(19)28-4)29-23-9-7-6-8-20(23)26(17)21/h6-16,24H,5H2,1-4H3. The number of para-hydroxylation sites is 1. The first-order valence-corrected chi connectivity index (χ1v) is 10.8. The van der Waals surface area contributed by atoms with E-state index in [-0.39, 0.29) is 5.25 Å². The Labute approximate surface area is 176 Å². The molecule has 0 saturated heterocycles. The first-order chi connectivity index (χ1) is 14.2. The van der Waals surface area contributed by atoms with Crippen molar-refractivity contribution in [1.82, 2.24) is 4.57 Å². The molecule has 29 heavy (non-hydrogen) atoms. The molecule has 0 spiro atoms. The highest BCUT2D eigenvalue weighted by atomic mass is 32.2. The molecule has 1 aliphatic rings. The molecule has 4 rings (SSSR count). The number of aliphatic imine (C=N–C) groups is 1. The van der Waals surface area contributed by atoms with Crippen LogP contribution in [0.25, 0.3) is 5.69 Å². The predicted octanol–water partition coefficient (Wildman–Crippen LogP) is 5.91. The van der Waals surface area contributed by atoms with Crippen molar-refractivity contribution >= 4 is 18.0 Å². The van der Waals surface area contributed by atoms with Crippen LogP contribution in [-0.4, -0.2) is 31.0 Å². The van der Waals surface area contributed by atoms with E-state index in [1.807, 2.05) is 30.1 Å². The van der Waals surface area contributed by atoms with Crippen LogP contribution in [0, 0.1) is 0 Å².